The van der Waals surface area contributed by atoms with E-state index in [2.05, 4.69) is 39.6 Å². The maximum absolute atomic E-state index is 13.6. The molecule has 0 aliphatic heterocycles. The fourth-order valence-electron chi connectivity index (χ4n) is 2.61. The van der Waals surface area contributed by atoms with Gasteiger partial charge in [0.25, 0.3) is 0 Å². The average Bonchev–Trinajstić information content (AvgIpc) is 2.79. The topological polar surface area (TPSA) is 67.1 Å². The third-order valence-electron chi connectivity index (χ3n) is 4.03. The molecule has 0 radical (unpaired) electrons. The van der Waals surface area contributed by atoms with Gasteiger partial charge < -0.3 is 10.6 Å². The summed E-state index contributed by atoms with van der Waals surface area (Å²) in [5.74, 6) is 0.293. The summed E-state index contributed by atoms with van der Waals surface area (Å²) < 4.78 is 15.5. The number of aromatic nitrogens is 3. The number of hydrogen-bond donors (Lipinski definition) is 2. The number of nitrogens with one attached hydrogen (secondary N) is 2. The minimum absolute atomic E-state index is 0.159. The molecule has 0 aliphatic rings. The molecule has 2 N–H and O–H groups in total. The minimum Gasteiger partial charge on any atom is -0.354 e. The fourth-order valence-corrected chi connectivity index (χ4v) is 2.61. The van der Waals surface area contributed by atoms with Crippen LogP contribution in [0.25, 0.3) is 0 Å². The van der Waals surface area contributed by atoms with Gasteiger partial charge in [0, 0.05) is 32.0 Å². The summed E-state index contributed by atoms with van der Waals surface area (Å²) in [6.45, 7) is 6.45. The molecule has 6 nitrogen and oxygen atoms in total. The maximum Gasteiger partial charge on any atom is 0.191 e. The van der Waals surface area contributed by atoms with Crippen LogP contribution in [0, 0.1) is 19.7 Å². The summed E-state index contributed by atoms with van der Waals surface area (Å²) in [4.78, 5) is 8.21. The molecule has 2 heterocycles. The Bertz CT molecular complexity index is 722. The molecule has 0 fully saturated rings. The zero-order chi connectivity index (χ0) is 17.7. The SMILES string of the molecule is CN=C(NCc1ncccc1F)NC(C)Cc1c(C)nn(C)c1C. The van der Waals surface area contributed by atoms with Crippen molar-refractivity contribution in [2.75, 3.05) is 7.05 Å². The van der Waals surface area contributed by atoms with Crippen molar-refractivity contribution in [2.45, 2.75) is 39.8 Å². The molecular formula is C17H25FN6. The summed E-state index contributed by atoms with van der Waals surface area (Å²) in [5.41, 5.74) is 3.82. The second-order valence-corrected chi connectivity index (χ2v) is 5.88. The van der Waals surface area contributed by atoms with Gasteiger partial charge in [0.05, 0.1) is 17.9 Å². The van der Waals surface area contributed by atoms with Crippen molar-refractivity contribution >= 4 is 5.96 Å². The minimum atomic E-state index is -0.324. The number of halogens is 1. The third-order valence-corrected chi connectivity index (χ3v) is 4.03. The van der Waals surface area contributed by atoms with Crippen molar-refractivity contribution in [3.05, 3.63) is 46.8 Å². The van der Waals surface area contributed by atoms with Crippen molar-refractivity contribution in [3.63, 3.8) is 0 Å². The Labute approximate surface area is 142 Å². The molecule has 130 valence electrons. The lowest BCUT2D eigenvalue weighted by molar-refractivity contribution is 0.588. The molecular weight excluding hydrogens is 307 g/mol. The van der Waals surface area contributed by atoms with E-state index in [1.165, 1.54) is 17.3 Å². The zero-order valence-corrected chi connectivity index (χ0v) is 14.9. The molecule has 24 heavy (non-hydrogen) atoms. The van der Waals surface area contributed by atoms with E-state index in [-0.39, 0.29) is 18.4 Å². The number of pyridine rings is 1. The molecule has 2 aromatic heterocycles. The number of aryl methyl sites for hydroxylation is 2. The van der Waals surface area contributed by atoms with Crippen molar-refractivity contribution in [3.8, 4) is 0 Å². The van der Waals surface area contributed by atoms with E-state index in [4.69, 9.17) is 0 Å². The molecule has 0 aromatic carbocycles. The van der Waals surface area contributed by atoms with Crippen LogP contribution in [0.5, 0.6) is 0 Å². The van der Waals surface area contributed by atoms with Crippen LogP contribution in [-0.2, 0) is 20.0 Å². The Balaban J connectivity index is 1.94. The van der Waals surface area contributed by atoms with Crippen LogP contribution < -0.4 is 10.6 Å². The largest absolute Gasteiger partial charge is 0.354 e. The molecule has 0 saturated carbocycles. The second kappa shape index (κ2) is 7.90. The van der Waals surface area contributed by atoms with Crippen LogP contribution in [0.3, 0.4) is 0 Å². The lowest BCUT2D eigenvalue weighted by Gasteiger charge is -2.18. The molecule has 0 spiro atoms. The van der Waals surface area contributed by atoms with Crippen molar-refractivity contribution < 1.29 is 4.39 Å². The van der Waals surface area contributed by atoms with E-state index in [1.54, 1.807) is 19.3 Å². The van der Waals surface area contributed by atoms with Gasteiger partial charge in [0.15, 0.2) is 5.96 Å². The lowest BCUT2D eigenvalue weighted by Crippen LogP contribution is -2.43. The predicted octanol–water partition coefficient (Wildman–Crippen LogP) is 1.87. The molecule has 2 aromatic rings. The summed E-state index contributed by atoms with van der Waals surface area (Å²) in [5, 5.41) is 10.9. The van der Waals surface area contributed by atoms with E-state index < -0.39 is 0 Å². The first-order valence-corrected chi connectivity index (χ1v) is 7.98. The number of rotatable bonds is 5. The number of hydrogen-bond acceptors (Lipinski definition) is 3. The highest BCUT2D eigenvalue weighted by Crippen LogP contribution is 2.14. The highest BCUT2D eigenvalue weighted by molar-refractivity contribution is 5.79. The van der Waals surface area contributed by atoms with Gasteiger partial charge >= 0.3 is 0 Å². The molecule has 0 amide bonds. The first kappa shape index (κ1) is 17.9. The summed E-state index contributed by atoms with van der Waals surface area (Å²) in [7, 11) is 3.64. The zero-order valence-electron chi connectivity index (χ0n) is 14.9. The maximum atomic E-state index is 13.6. The third kappa shape index (κ3) is 4.31. The van der Waals surface area contributed by atoms with E-state index in [9.17, 15) is 4.39 Å². The average molecular weight is 332 g/mol. The Morgan fingerprint density at radius 2 is 2.17 bits per heavy atom. The first-order chi connectivity index (χ1) is 11.4. The number of guanidine groups is 1. The predicted molar refractivity (Wildman–Crippen MR) is 93.4 cm³/mol. The van der Waals surface area contributed by atoms with Gasteiger partial charge in [-0.2, -0.15) is 5.10 Å². The van der Waals surface area contributed by atoms with Crippen LogP contribution in [0.2, 0.25) is 0 Å². The standard InChI is InChI=1S/C17H25FN6/c1-11(9-14-12(2)23-24(5)13(14)3)22-17(19-4)21-10-16-15(18)7-6-8-20-16/h6-8,11H,9-10H2,1-5H3,(H2,19,21,22). The monoisotopic (exact) mass is 332 g/mol. The molecule has 1 unspecified atom stereocenters. The molecule has 0 saturated heterocycles. The van der Waals surface area contributed by atoms with Crippen molar-refractivity contribution in [1.82, 2.24) is 25.4 Å². The fraction of sp³-hybridized carbons (Fsp3) is 0.471. The molecule has 7 heteroatoms. The Hall–Kier alpha value is -2.44. The first-order valence-electron chi connectivity index (χ1n) is 7.98. The van der Waals surface area contributed by atoms with Crippen molar-refractivity contribution in [2.24, 2.45) is 12.0 Å². The molecule has 0 aliphatic carbocycles. The van der Waals surface area contributed by atoms with E-state index in [0.29, 0.717) is 11.7 Å². The van der Waals surface area contributed by atoms with Gasteiger partial charge in [0.2, 0.25) is 0 Å². The van der Waals surface area contributed by atoms with Crippen LogP contribution in [0.4, 0.5) is 4.39 Å². The smallest absolute Gasteiger partial charge is 0.191 e. The Morgan fingerprint density at radius 3 is 2.75 bits per heavy atom. The lowest BCUT2D eigenvalue weighted by atomic mass is 10.1. The van der Waals surface area contributed by atoms with E-state index >= 15 is 0 Å². The van der Waals surface area contributed by atoms with Gasteiger partial charge in [-0.05, 0) is 44.9 Å². The van der Waals surface area contributed by atoms with Gasteiger partial charge in [-0.1, -0.05) is 0 Å². The Kier molecular flexibility index (Phi) is 5.89. The quantitative estimate of drug-likeness (QED) is 0.648. The van der Waals surface area contributed by atoms with Crippen LogP contribution in [0.15, 0.2) is 23.3 Å². The normalized spacial score (nSPS) is 13.0. The highest BCUT2D eigenvalue weighted by Gasteiger charge is 2.14. The summed E-state index contributed by atoms with van der Waals surface area (Å²) in [6, 6.07) is 3.13. The van der Waals surface area contributed by atoms with E-state index in [0.717, 1.165) is 12.1 Å². The van der Waals surface area contributed by atoms with Gasteiger partial charge in [-0.15, -0.1) is 0 Å². The van der Waals surface area contributed by atoms with E-state index in [1.807, 2.05) is 18.7 Å². The van der Waals surface area contributed by atoms with Crippen LogP contribution in [0.1, 0.15) is 29.6 Å². The van der Waals surface area contributed by atoms with Crippen molar-refractivity contribution in [1.29, 1.82) is 0 Å². The molecule has 1 atom stereocenters. The summed E-state index contributed by atoms with van der Waals surface area (Å²) in [6.07, 6.45) is 2.41. The highest BCUT2D eigenvalue weighted by atomic mass is 19.1. The summed E-state index contributed by atoms with van der Waals surface area (Å²) >= 11 is 0. The Morgan fingerprint density at radius 1 is 1.42 bits per heavy atom. The number of nitrogens with zero attached hydrogens (tertiary/aromatic N) is 4. The van der Waals surface area contributed by atoms with Crippen LogP contribution in [-0.4, -0.2) is 33.8 Å². The molecule has 2 rings (SSSR count). The number of aliphatic imine (C=N–C) groups is 1. The van der Waals surface area contributed by atoms with Gasteiger partial charge in [-0.25, -0.2) is 4.39 Å². The van der Waals surface area contributed by atoms with Crippen LogP contribution >= 0.6 is 0 Å². The van der Waals surface area contributed by atoms with Gasteiger partial charge in [0.1, 0.15) is 5.82 Å². The molecule has 0 bridgehead atoms. The van der Waals surface area contributed by atoms with Gasteiger partial charge in [-0.3, -0.25) is 14.7 Å². The second-order valence-electron chi connectivity index (χ2n) is 5.88.